The highest BCUT2D eigenvalue weighted by atomic mass is 15.3. The summed E-state index contributed by atoms with van der Waals surface area (Å²) in [5.74, 6) is 0. The molecular formula is C18H31N3. The predicted octanol–water partition coefficient (Wildman–Crippen LogP) is 2.59. The zero-order chi connectivity index (χ0) is 15.2. The SMILES string of the molecule is CCCNC(CN1CCN(C)CC1)c1cc(C)ccc1C. The van der Waals surface area contributed by atoms with Crippen LogP contribution in [0, 0.1) is 13.8 Å². The molecule has 2 rings (SSSR count). The maximum Gasteiger partial charge on any atom is 0.0452 e. The Labute approximate surface area is 130 Å². The van der Waals surface area contributed by atoms with Crippen LogP contribution in [0.3, 0.4) is 0 Å². The summed E-state index contributed by atoms with van der Waals surface area (Å²) in [6.45, 7) is 13.6. The molecule has 1 saturated heterocycles. The Balaban J connectivity index is 2.08. The van der Waals surface area contributed by atoms with Gasteiger partial charge >= 0.3 is 0 Å². The average molecular weight is 289 g/mol. The van der Waals surface area contributed by atoms with Crippen molar-refractivity contribution in [3.8, 4) is 0 Å². The van der Waals surface area contributed by atoms with Crippen molar-refractivity contribution >= 4 is 0 Å². The fourth-order valence-corrected chi connectivity index (χ4v) is 3.02. The first kappa shape index (κ1) is 16.5. The van der Waals surface area contributed by atoms with E-state index in [4.69, 9.17) is 0 Å². The van der Waals surface area contributed by atoms with Crippen molar-refractivity contribution in [3.05, 3.63) is 34.9 Å². The second-order valence-corrected chi connectivity index (χ2v) is 6.47. The van der Waals surface area contributed by atoms with Crippen LogP contribution in [0.4, 0.5) is 0 Å². The molecule has 0 radical (unpaired) electrons. The van der Waals surface area contributed by atoms with E-state index in [0.717, 1.165) is 13.1 Å². The summed E-state index contributed by atoms with van der Waals surface area (Å²) in [6.07, 6.45) is 1.18. The van der Waals surface area contributed by atoms with Crippen LogP contribution >= 0.6 is 0 Å². The minimum Gasteiger partial charge on any atom is -0.309 e. The van der Waals surface area contributed by atoms with Crippen LogP contribution in [0.2, 0.25) is 0 Å². The Bertz CT molecular complexity index is 436. The van der Waals surface area contributed by atoms with Crippen molar-refractivity contribution in [1.29, 1.82) is 0 Å². The predicted molar refractivity (Wildman–Crippen MR) is 90.9 cm³/mol. The van der Waals surface area contributed by atoms with Gasteiger partial charge in [0.05, 0.1) is 0 Å². The van der Waals surface area contributed by atoms with Crippen LogP contribution in [-0.2, 0) is 0 Å². The molecule has 3 heteroatoms. The van der Waals surface area contributed by atoms with Gasteiger partial charge in [-0.15, -0.1) is 0 Å². The molecule has 0 bridgehead atoms. The van der Waals surface area contributed by atoms with Gasteiger partial charge in [0, 0.05) is 38.8 Å². The number of aryl methyl sites for hydroxylation is 2. The van der Waals surface area contributed by atoms with Crippen molar-refractivity contribution < 1.29 is 0 Å². The fraction of sp³-hybridized carbons (Fsp3) is 0.667. The van der Waals surface area contributed by atoms with Gasteiger partial charge in [-0.1, -0.05) is 30.7 Å². The van der Waals surface area contributed by atoms with Gasteiger partial charge in [0.2, 0.25) is 0 Å². The normalized spacial score (nSPS) is 18.9. The summed E-state index contributed by atoms with van der Waals surface area (Å²) < 4.78 is 0. The molecule has 0 saturated carbocycles. The van der Waals surface area contributed by atoms with Gasteiger partial charge in [0.1, 0.15) is 0 Å². The first-order chi connectivity index (χ1) is 10.1. The van der Waals surface area contributed by atoms with Gasteiger partial charge in [0.15, 0.2) is 0 Å². The molecule has 0 aliphatic carbocycles. The van der Waals surface area contributed by atoms with Crippen molar-refractivity contribution in [2.45, 2.75) is 33.2 Å². The highest BCUT2D eigenvalue weighted by Gasteiger charge is 2.20. The summed E-state index contributed by atoms with van der Waals surface area (Å²) in [4.78, 5) is 5.03. The molecule has 1 fully saturated rings. The minimum absolute atomic E-state index is 0.452. The van der Waals surface area contributed by atoms with Gasteiger partial charge in [-0.05, 0) is 45.0 Å². The van der Waals surface area contributed by atoms with Crippen LogP contribution in [0.1, 0.15) is 36.1 Å². The van der Waals surface area contributed by atoms with Crippen LogP contribution < -0.4 is 5.32 Å². The highest BCUT2D eigenvalue weighted by molar-refractivity contribution is 5.33. The van der Waals surface area contributed by atoms with Gasteiger partial charge in [-0.2, -0.15) is 0 Å². The Kier molecular flexibility index (Phi) is 6.22. The molecule has 1 aliphatic rings. The lowest BCUT2D eigenvalue weighted by Gasteiger charge is -2.35. The molecule has 118 valence electrons. The summed E-state index contributed by atoms with van der Waals surface area (Å²) in [5, 5.41) is 3.76. The minimum atomic E-state index is 0.452. The molecule has 1 aromatic carbocycles. The van der Waals surface area contributed by atoms with E-state index in [-0.39, 0.29) is 0 Å². The number of piperazine rings is 1. The van der Waals surface area contributed by atoms with E-state index in [1.807, 2.05) is 0 Å². The maximum absolute atomic E-state index is 3.76. The number of nitrogens with zero attached hydrogens (tertiary/aromatic N) is 2. The molecular weight excluding hydrogens is 258 g/mol. The van der Waals surface area contributed by atoms with Crippen LogP contribution in [-0.4, -0.2) is 56.1 Å². The Morgan fingerprint density at radius 2 is 1.86 bits per heavy atom. The van der Waals surface area contributed by atoms with E-state index in [9.17, 15) is 0 Å². The third kappa shape index (κ3) is 4.80. The van der Waals surface area contributed by atoms with Gasteiger partial charge < -0.3 is 10.2 Å². The fourth-order valence-electron chi connectivity index (χ4n) is 3.02. The molecule has 21 heavy (non-hydrogen) atoms. The van der Waals surface area contributed by atoms with E-state index in [2.05, 4.69) is 61.1 Å². The Morgan fingerprint density at radius 3 is 2.52 bits per heavy atom. The molecule has 1 aromatic rings. The van der Waals surface area contributed by atoms with Crippen molar-refractivity contribution in [3.63, 3.8) is 0 Å². The third-order valence-corrected chi connectivity index (χ3v) is 4.49. The lowest BCUT2D eigenvalue weighted by atomic mass is 9.98. The van der Waals surface area contributed by atoms with Gasteiger partial charge in [0.25, 0.3) is 0 Å². The summed E-state index contributed by atoms with van der Waals surface area (Å²) in [5.41, 5.74) is 4.24. The number of hydrogen-bond donors (Lipinski definition) is 1. The van der Waals surface area contributed by atoms with Crippen LogP contribution in [0.5, 0.6) is 0 Å². The number of rotatable bonds is 6. The molecule has 1 unspecified atom stereocenters. The molecule has 3 nitrogen and oxygen atoms in total. The van der Waals surface area contributed by atoms with Crippen LogP contribution in [0.15, 0.2) is 18.2 Å². The van der Waals surface area contributed by atoms with E-state index in [1.165, 1.54) is 49.3 Å². The number of likely N-dealkylation sites (N-methyl/N-ethyl adjacent to an activating group) is 1. The van der Waals surface area contributed by atoms with Crippen LogP contribution in [0.25, 0.3) is 0 Å². The molecule has 1 aliphatic heterocycles. The van der Waals surface area contributed by atoms with Crippen molar-refractivity contribution in [2.75, 3.05) is 46.3 Å². The monoisotopic (exact) mass is 289 g/mol. The Hall–Kier alpha value is -0.900. The quantitative estimate of drug-likeness (QED) is 0.868. The van der Waals surface area contributed by atoms with Crippen molar-refractivity contribution in [2.24, 2.45) is 0 Å². The number of hydrogen-bond acceptors (Lipinski definition) is 3. The molecule has 0 amide bonds. The molecule has 1 N–H and O–H groups in total. The third-order valence-electron chi connectivity index (χ3n) is 4.49. The van der Waals surface area contributed by atoms with Gasteiger partial charge in [-0.25, -0.2) is 0 Å². The summed E-state index contributed by atoms with van der Waals surface area (Å²) in [7, 11) is 2.22. The van der Waals surface area contributed by atoms with Gasteiger partial charge in [-0.3, -0.25) is 4.90 Å². The summed E-state index contributed by atoms with van der Waals surface area (Å²) >= 11 is 0. The average Bonchev–Trinajstić information content (AvgIpc) is 2.48. The first-order valence-electron chi connectivity index (χ1n) is 8.31. The van der Waals surface area contributed by atoms with E-state index in [1.54, 1.807) is 0 Å². The highest BCUT2D eigenvalue weighted by Crippen LogP contribution is 2.21. The Morgan fingerprint density at radius 1 is 1.14 bits per heavy atom. The second kappa shape index (κ2) is 7.92. The molecule has 0 spiro atoms. The smallest absolute Gasteiger partial charge is 0.0452 e. The first-order valence-corrected chi connectivity index (χ1v) is 8.31. The standard InChI is InChI=1S/C18H31N3/c1-5-8-19-18(14-21-11-9-20(4)10-12-21)17-13-15(2)6-7-16(17)3/h6-7,13,18-19H,5,8-12,14H2,1-4H3. The molecule has 1 atom stereocenters. The van der Waals surface area contributed by atoms with Crippen molar-refractivity contribution in [1.82, 2.24) is 15.1 Å². The second-order valence-electron chi connectivity index (χ2n) is 6.47. The number of benzene rings is 1. The lowest BCUT2D eigenvalue weighted by molar-refractivity contribution is 0.142. The molecule has 0 aromatic heterocycles. The van der Waals surface area contributed by atoms with E-state index < -0.39 is 0 Å². The topological polar surface area (TPSA) is 18.5 Å². The zero-order valence-corrected chi connectivity index (χ0v) is 14.2. The summed E-state index contributed by atoms with van der Waals surface area (Å²) in [6, 6.07) is 7.28. The van der Waals surface area contributed by atoms with E-state index in [0.29, 0.717) is 6.04 Å². The largest absolute Gasteiger partial charge is 0.309 e. The zero-order valence-electron chi connectivity index (χ0n) is 14.2. The lowest BCUT2D eigenvalue weighted by Crippen LogP contribution is -2.47. The molecule has 1 heterocycles. The van der Waals surface area contributed by atoms with E-state index >= 15 is 0 Å². The number of nitrogens with one attached hydrogen (secondary N) is 1. The maximum atomic E-state index is 3.76.